The van der Waals surface area contributed by atoms with E-state index in [1.807, 2.05) is 0 Å². The molecule has 0 atom stereocenters. The van der Waals surface area contributed by atoms with Gasteiger partial charge in [-0.25, -0.2) is 9.48 Å². The first-order valence-corrected chi connectivity index (χ1v) is 8.38. The summed E-state index contributed by atoms with van der Waals surface area (Å²) in [4.78, 5) is 12.1. The zero-order valence-electron chi connectivity index (χ0n) is 14.1. The highest BCUT2D eigenvalue weighted by Crippen LogP contribution is 2.33. The molecule has 0 N–H and O–H groups in total. The second kappa shape index (κ2) is 7.44. The van der Waals surface area contributed by atoms with Crippen molar-refractivity contribution in [2.75, 3.05) is 6.61 Å². The van der Waals surface area contributed by atoms with Gasteiger partial charge in [0.25, 0.3) is 0 Å². The number of nitrogens with zero attached hydrogens (tertiary/aromatic N) is 2. The number of carbonyl (C=O) groups excluding carboxylic acids is 1. The van der Waals surface area contributed by atoms with Crippen molar-refractivity contribution in [2.24, 2.45) is 0 Å². The Kier molecular flexibility index (Phi) is 5.23. The van der Waals surface area contributed by atoms with Crippen LogP contribution in [0.4, 0.5) is 13.2 Å². The van der Waals surface area contributed by atoms with Crippen LogP contribution in [-0.4, -0.2) is 22.4 Å². The van der Waals surface area contributed by atoms with E-state index in [1.54, 1.807) is 31.2 Å². The van der Waals surface area contributed by atoms with Gasteiger partial charge in [-0.1, -0.05) is 23.7 Å². The van der Waals surface area contributed by atoms with E-state index in [9.17, 15) is 18.0 Å². The third-order valence-electron chi connectivity index (χ3n) is 3.75. The van der Waals surface area contributed by atoms with Crippen LogP contribution in [0.1, 0.15) is 23.0 Å². The predicted molar refractivity (Wildman–Crippen MR) is 95.0 cm³/mol. The van der Waals surface area contributed by atoms with Crippen LogP contribution in [0.3, 0.4) is 0 Å². The summed E-state index contributed by atoms with van der Waals surface area (Å²) in [5, 5.41) is 4.71. The molecule has 0 radical (unpaired) electrons. The first-order chi connectivity index (χ1) is 12.8. The first kappa shape index (κ1) is 19.0. The van der Waals surface area contributed by atoms with E-state index in [4.69, 9.17) is 16.3 Å². The maximum absolute atomic E-state index is 13.1. The third kappa shape index (κ3) is 4.14. The minimum atomic E-state index is -4.48. The lowest BCUT2D eigenvalue weighted by molar-refractivity contribution is -0.137. The van der Waals surface area contributed by atoms with Gasteiger partial charge in [0.05, 0.1) is 23.6 Å². The lowest BCUT2D eigenvalue weighted by Gasteiger charge is -2.11. The van der Waals surface area contributed by atoms with Crippen LogP contribution in [0, 0.1) is 0 Å². The molecule has 0 saturated heterocycles. The largest absolute Gasteiger partial charge is 0.461 e. The highest BCUT2D eigenvalue weighted by Gasteiger charge is 2.31. The van der Waals surface area contributed by atoms with Crippen LogP contribution >= 0.6 is 11.6 Å². The lowest BCUT2D eigenvalue weighted by Crippen LogP contribution is -2.07. The van der Waals surface area contributed by atoms with Gasteiger partial charge in [-0.15, -0.1) is 0 Å². The molecule has 1 heterocycles. The molecule has 0 fully saturated rings. The summed E-state index contributed by atoms with van der Waals surface area (Å²) in [5.74, 6) is -0.654. The van der Waals surface area contributed by atoms with Crippen molar-refractivity contribution in [3.8, 4) is 16.9 Å². The summed E-state index contributed by atoms with van der Waals surface area (Å²) in [6.45, 7) is 1.81. The van der Waals surface area contributed by atoms with E-state index in [0.29, 0.717) is 16.4 Å². The number of halogens is 4. The van der Waals surface area contributed by atoms with Gasteiger partial charge in [0, 0.05) is 10.6 Å². The third-order valence-corrected chi connectivity index (χ3v) is 4.00. The van der Waals surface area contributed by atoms with Crippen molar-refractivity contribution in [1.29, 1.82) is 0 Å². The molecule has 0 saturated carbocycles. The Morgan fingerprint density at radius 1 is 1.15 bits per heavy atom. The van der Waals surface area contributed by atoms with Crippen molar-refractivity contribution in [3.05, 3.63) is 70.9 Å². The number of hydrogen-bond acceptors (Lipinski definition) is 3. The van der Waals surface area contributed by atoms with Crippen LogP contribution in [0.5, 0.6) is 0 Å². The van der Waals surface area contributed by atoms with Crippen LogP contribution < -0.4 is 0 Å². The van der Waals surface area contributed by atoms with Crippen LogP contribution in [0.2, 0.25) is 5.02 Å². The standard InChI is InChI=1S/C19H14ClF3N2O2/c1-2-27-18(26)16-11-17(12-4-3-5-13(10-12)19(21,22)23)25(24-16)15-8-6-14(20)7-9-15/h3-11H,2H2,1H3. The van der Waals surface area contributed by atoms with Crippen molar-refractivity contribution in [1.82, 2.24) is 9.78 Å². The van der Waals surface area contributed by atoms with E-state index in [0.717, 1.165) is 12.1 Å². The Hall–Kier alpha value is -2.80. The molecular formula is C19H14ClF3N2O2. The summed E-state index contributed by atoms with van der Waals surface area (Å²) in [5.41, 5.74) is 0.345. The number of alkyl halides is 3. The molecule has 4 nitrogen and oxygen atoms in total. The molecule has 0 amide bonds. The number of esters is 1. The number of carbonyl (C=O) groups is 1. The minimum absolute atomic E-state index is 0.000730. The summed E-state index contributed by atoms with van der Waals surface area (Å²) < 4.78 is 45.6. The van der Waals surface area contributed by atoms with E-state index in [2.05, 4.69) is 5.10 Å². The minimum Gasteiger partial charge on any atom is -0.461 e. The molecule has 0 aliphatic carbocycles. The molecule has 3 aromatic rings. The summed E-state index contributed by atoms with van der Waals surface area (Å²) >= 11 is 5.90. The summed E-state index contributed by atoms with van der Waals surface area (Å²) in [6.07, 6.45) is -4.48. The van der Waals surface area contributed by atoms with Crippen LogP contribution in [-0.2, 0) is 10.9 Å². The van der Waals surface area contributed by atoms with E-state index >= 15 is 0 Å². The monoisotopic (exact) mass is 394 g/mol. The maximum atomic E-state index is 13.1. The summed E-state index contributed by atoms with van der Waals surface area (Å²) in [7, 11) is 0. The molecule has 0 unspecified atom stereocenters. The van der Waals surface area contributed by atoms with E-state index < -0.39 is 17.7 Å². The Morgan fingerprint density at radius 3 is 2.48 bits per heavy atom. The highest BCUT2D eigenvalue weighted by molar-refractivity contribution is 6.30. The van der Waals surface area contributed by atoms with Crippen molar-refractivity contribution in [3.63, 3.8) is 0 Å². The molecule has 0 aliphatic rings. The topological polar surface area (TPSA) is 44.1 Å². The number of aromatic nitrogens is 2. The fraction of sp³-hybridized carbons (Fsp3) is 0.158. The average Bonchev–Trinajstić information content (AvgIpc) is 3.07. The van der Waals surface area contributed by atoms with Crippen molar-refractivity contribution in [2.45, 2.75) is 13.1 Å². The predicted octanol–water partition coefficient (Wildman–Crippen LogP) is 5.39. The number of ether oxygens (including phenoxy) is 1. The molecule has 27 heavy (non-hydrogen) atoms. The van der Waals surface area contributed by atoms with Crippen molar-refractivity contribution >= 4 is 17.6 Å². The molecule has 0 aliphatic heterocycles. The smallest absolute Gasteiger partial charge is 0.416 e. The molecule has 2 aromatic carbocycles. The highest BCUT2D eigenvalue weighted by atomic mass is 35.5. The van der Waals surface area contributed by atoms with Gasteiger partial charge >= 0.3 is 12.1 Å². The van der Waals surface area contributed by atoms with Gasteiger partial charge in [-0.2, -0.15) is 18.3 Å². The Balaban J connectivity index is 2.16. The summed E-state index contributed by atoms with van der Waals surface area (Å²) in [6, 6.07) is 12.8. The zero-order chi connectivity index (χ0) is 19.6. The quantitative estimate of drug-likeness (QED) is 0.557. The second-order valence-corrected chi connectivity index (χ2v) is 6.04. The first-order valence-electron chi connectivity index (χ1n) is 8.00. The van der Waals surface area contributed by atoms with Gasteiger partial charge in [0.2, 0.25) is 0 Å². The van der Waals surface area contributed by atoms with Gasteiger partial charge in [-0.05, 0) is 49.4 Å². The SMILES string of the molecule is CCOC(=O)c1cc(-c2cccc(C(F)(F)F)c2)n(-c2ccc(Cl)cc2)n1. The maximum Gasteiger partial charge on any atom is 0.416 e. The molecular weight excluding hydrogens is 381 g/mol. The van der Waals surface area contributed by atoms with Gasteiger partial charge in [-0.3, -0.25) is 0 Å². The van der Waals surface area contributed by atoms with Crippen LogP contribution in [0.25, 0.3) is 16.9 Å². The van der Waals surface area contributed by atoms with Crippen LogP contribution in [0.15, 0.2) is 54.6 Å². The van der Waals surface area contributed by atoms with Gasteiger partial charge < -0.3 is 4.74 Å². The lowest BCUT2D eigenvalue weighted by atomic mass is 10.1. The molecule has 0 bridgehead atoms. The van der Waals surface area contributed by atoms with Gasteiger partial charge in [0.1, 0.15) is 0 Å². The Bertz CT molecular complexity index is 966. The number of hydrogen-bond donors (Lipinski definition) is 0. The molecule has 3 rings (SSSR count). The Labute approximate surface area is 158 Å². The molecule has 8 heteroatoms. The average molecular weight is 395 g/mol. The fourth-order valence-corrected chi connectivity index (χ4v) is 2.65. The second-order valence-electron chi connectivity index (χ2n) is 5.60. The molecule has 0 spiro atoms. The molecule has 140 valence electrons. The fourth-order valence-electron chi connectivity index (χ4n) is 2.53. The zero-order valence-corrected chi connectivity index (χ0v) is 14.9. The Morgan fingerprint density at radius 2 is 1.85 bits per heavy atom. The number of benzene rings is 2. The van der Waals surface area contributed by atoms with E-state index in [1.165, 1.54) is 22.9 Å². The van der Waals surface area contributed by atoms with Crippen molar-refractivity contribution < 1.29 is 22.7 Å². The van der Waals surface area contributed by atoms with E-state index in [-0.39, 0.29) is 17.9 Å². The molecule has 1 aromatic heterocycles. The number of rotatable bonds is 4. The van der Waals surface area contributed by atoms with Gasteiger partial charge in [0.15, 0.2) is 5.69 Å². The normalized spacial score (nSPS) is 11.4.